The van der Waals surface area contributed by atoms with Gasteiger partial charge in [-0.1, -0.05) is 17.7 Å². The second-order valence-corrected chi connectivity index (χ2v) is 7.21. The van der Waals surface area contributed by atoms with E-state index in [1.165, 1.54) is 5.56 Å². The number of carbonyl (C=O) groups is 1. The van der Waals surface area contributed by atoms with E-state index in [0.717, 1.165) is 54.9 Å². The molecule has 1 saturated heterocycles. The first kappa shape index (κ1) is 16.3. The highest BCUT2D eigenvalue weighted by Gasteiger charge is 2.34. The predicted octanol–water partition coefficient (Wildman–Crippen LogP) is 3.28. The van der Waals surface area contributed by atoms with Gasteiger partial charge in [-0.25, -0.2) is 4.68 Å². The van der Waals surface area contributed by atoms with Gasteiger partial charge in [0, 0.05) is 19.1 Å². The third kappa shape index (κ3) is 3.33. The van der Waals surface area contributed by atoms with Crippen molar-refractivity contribution < 1.29 is 9.53 Å². The summed E-state index contributed by atoms with van der Waals surface area (Å²) in [6, 6.07) is 8.26. The first-order valence-corrected chi connectivity index (χ1v) is 9.20. The highest BCUT2D eigenvalue weighted by Crippen LogP contribution is 2.42. The van der Waals surface area contributed by atoms with Crippen molar-refractivity contribution >= 4 is 5.91 Å². The Kier molecular flexibility index (Phi) is 4.34. The Labute approximate surface area is 148 Å². The molecule has 1 amide bonds. The molecular weight excluding hydrogens is 314 g/mol. The Morgan fingerprint density at radius 3 is 2.64 bits per heavy atom. The van der Waals surface area contributed by atoms with Crippen LogP contribution in [0.15, 0.2) is 24.3 Å². The van der Waals surface area contributed by atoms with Crippen molar-refractivity contribution in [1.29, 1.82) is 0 Å². The maximum atomic E-state index is 12.9. The van der Waals surface area contributed by atoms with E-state index in [2.05, 4.69) is 36.5 Å². The summed E-state index contributed by atoms with van der Waals surface area (Å²) in [6.45, 7) is 5.44. The monoisotopic (exact) mass is 339 g/mol. The van der Waals surface area contributed by atoms with E-state index in [4.69, 9.17) is 9.84 Å². The number of hydrogen-bond donors (Lipinski definition) is 1. The van der Waals surface area contributed by atoms with Crippen LogP contribution in [0.2, 0.25) is 0 Å². The van der Waals surface area contributed by atoms with Crippen molar-refractivity contribution in [3.63, 3.8) is 0 Å². The zero-order valence-corrected chi connectivity index (χ0v) is 14.9. The molecule has 1 atom stereocenters. The summed E-state index contributed by atoms with van der Waals surface area (Å²) in [5, 5.41) is 7.86. The molecule has 2 heterocycles. The lowest BCUT2D eigenvalue weighted by Crippen LogP contribution is -2.32. The maximum Gasteiger partial charge on any atom is 0.255 e. The lowest BCUT2D eigenvalue weighted by atomic mass is 10.1. The minimum atomic E-state index is -0.0201. The van der Waals surface area contributed by atoms with Crippen LogP contribution in [0.4, 0.5) is 0 Å². The summed E-state index contributed by atoms with van der Waals surface area (Å²) < 4.78 is 7.52. The minimum Gasteiger partial charge on any atom is -0.376 e. The van der Waals surface area contributed by atoms with Crippen LogP contribution in [0.1, 0.15) is 58.9 Å². The number of nitrogens with zero attached hydrogens (tertiary/aromatic N) is 2. The lowest BCUT2D eigenvalue weighted by molar-refractivity contribution is 0.0856. The zero-order valence-electron chi connectivity index (χ0n) is 14.9. The number of hydrogen-bond acceptors (Lipinski definition) is 3. The summed E-state index contributed by atoms with van der Waals surface area (Å²) in [7, 11) is 0. The van der Waals surface area contributed by atoms with Crippen LogP contribution >= 0.6 is 0 Å². The second kappa shape index (κ2) is 6.64. The van der Waals surface area contributed by atoms with Crippen LogP contribution in [-0.2, 0) is 4.74 Å². The number of carbonyl (C=O) groups excluding carboxylic acids is 1. The molecule has 1 aromatic heterocycles. The smallest absolute Gasteiger partial charge is 0.255 e. The Hall–Kier alpha value is -2.14. The van der Waals surface area contributed by atoms with Gasteiger partial charge >= 0.3 is 0 Å². The van der Waals surface area contributed by atoms with Gasteiger partial charge in [0.15, 0.2) is 0 Å². The van der Waals surface area contributed by atoms with Gasteiger partial charge in [0.05, 0.1) is 28.7 Å². The number of ether oxygens (including phenoxy) is 1. The molecular formula is C20H25N3O2. The average molecular weight is 339 g/mol. The largest absolute Gasteiger partial charge is 0.376 e. The molecule has 5 nitrogen and oxygen atoms in total. The molecule has 0 radical (unpaired) electrons. The van der Waals surface area contributed by atoms with Crippen molar-refractivity contribution in [2.75, 3.05) is 13.2 Å². The Morgan fingerprint density at radius 1 is 1.24 bits per heavy atom. The third-order valence-corrected chi connectivity index (χ3v) is 5.13. The molecule has 1 saturated carbocycles. The minimum absolute atomic E-state index is 0.0201. The van der Waals surface area contributed by atoms with Crippen LogP contribution in [0.25, 0.3) is 5.69 Å². The Balaban J connectivity index is 1.61. The topological polar surface area (TPSA) is 56.2 Å². The van der Waals surface area contributed by atoms with E-state index in [0.29, 0.717) is 12.5 Å². The quantitative estimate of drug-likeness (QED) is 0.909. The predicted molar refractivity (Wildman–Crippen MR) is 96.3 cm³/mol. The van der Waals surface area contributed by atoms with Gasteiger partial charge in [0.2, 0.25) is 0 Å². The van der Waals surface area contributed by atoms with Gasteiger partial charge in [-0.2, -0.15) is 5.10 Å². The van der Waals surface area contributed by atoms with Crippen LogP contribution in [-0.4, -0.2) is 34.9 Å². The molecule has 25 heavy (non-hydrogen) atoms. The molecule has 1 aliphatic heterocycles. The van der Waals surface area contributed by atoms with Crippen molar-refractivity contribution in [1.82, 2.24) is 15.1 Å². The first-order valence-electron chi connectivity index (χ1n) is 9.20. The van der Waals surface area contributed by atoms with Gasteiger partial charge in [-0.05, 0) is 51.7 Å². The number of benzene rings is 1. The number of nitrogens with one attached hydrogen (secondary N) is 1. The average Bonchev–Trinajstić information content (AvgIpc) is 3.21. The summed E-state index contributed by atoms with van der Waals surface area (Å²) in [5.74, 6) is 0.405. The van der Waals surface area contributed by atoms with E-state index in [1.54, 1.807) is 0 Å². The zero-order chi connectivity index (χ0) is 17.4. The number of aromatic nitrogens is 2. The highest BCUT2D eigenvalue weighted by molar-refractivity contribution is 5.97. The van der Waals surface area contributed by atoms with Gasteiger partial charge < -0.3 is 10.1 Å². The first-order chi connectivity index (χ1) is 12.1. The van der Waals surface area contributed by atoms with Gasteiger partial charge in [0.1, 0.15) is 0 Å². The summed E-state index contributed by atoms with van der Waals surface area (Å²) in [5.41, 5.74) is 4.83. The molecule has 1 N–H and O–H groups in total. The molecule has 2 aliphatic rings. The molecule has 5 heteroatoms. The van der Waals surface area contributed by atoms with Gasteiger partial charge in [-0.15, -0.1) is 0 Å². The summed E-state index contributed by atoms with van der Waals surface area (Å²) in [4.78, 5) is 12.9. The highest BCUT2D eigenvalue weighted by atomic mass is 16.5. The van der Waals surface area contributed by atoms with E-state index in [-0.39, 0.29) is 12.0 Å². The second-order valence-electron chi connectivity index (χ2n) is 7.21. The molecule has 0 bridgehead atoms. The van der Waals surface area contributed by atoms with Crippen molar-refractivity contribution in [2.24, 2.45) is 0 Å². The van der Waals surface area contributed by atoms with E-state index < -0.39 is 0 Å². The van der Waals surface area contributed by atoms with Crippen molar-refractivity contribution in [2.45, 2.75) is 51.6 Å². The van der Waals surface area contributed by atoms with E-state index in [9.17, 15) is 4.79 Å². The maximum absolute atomic E-state index is 12.9. The normalized spacial score (nSPS) is 20.0. The molecule has 1 aliphatic carbocycles. The van der Waals surface area contributed by atoms with Crippen LogP contribution in [0.3, 0.4) is 0 Å². The van der Waals surface area contributed by atoms with Gasteiger partial charge in [0.25, 0.3) is 5.91 Å². The number of amides is 1. The van der Waals surface area contributed by atoms with E-state index in [1.807, 2.05) is 11.6 Å². The molecule has 4 rings (SSSR count). The Bertz CT molecular complexity index is 769. The van der Waals surface area contributed by atoms with Crippen LogP contribution in [0, 0.1) is 13.8 Å². The summed E-state index contributed by atoms with van der Waals surface area (Å²) >= 11 is 0. The fraction of sp³-hybridized carbons (Fsp3) is 0.500. The molecule has 1 aromatic carbocycles. The number of aryl methyl sites for hydroxylation is 1. The standard InChI is InChI=1S/C20H25N3O2/c1-13-5-9-16(10-6-13)23-14(2)18(19(22-23)15-7-8-15)20(24)21-12-17-4-3-11-25-17/h5-6,9-10,15,17H,3-4,7-8,11-12H2,1-2H3,(H,21,24)/t17-/m1/s1. The SMILES string of the molecule is Cc1ccc(-n2nc(C3CC3)c(C(=O)NC[C@H]3CCCO3)c2C)cc1. The molecule has 2 fully saturated rings. The number of rotatable bonds is 5. The van der Waals surface area contributed by atoms with E-state index >= 15 is 0 Å². The van der Waals surface area contributed by atoms with Gasteiger partial charge in [-0.3, -0.25) is 4.79 Å². The van der Waals surface area contributed by atoms with Crippen molar-refractivity contribution in [3.05, 3.63) is 46.8 Å². The molecule has 2 aromatic rings. The third-order valence-electron chi connectivity index (χ3n) is 5.13. The Morgan fingerprint density at radius 2 is 2.00 bits per heavy atom. The van der Waals surface area contributed by atoms with Crippen LogP contribution in [0.5, 0.6) is 0 Å². The molecule has 0 spiro atoms. The van der Waals surface area contributed by atoms with Crippen molar-refractivity contribution in [3.8, 4) is 5.69 Å². The molecule has 0 unspecified atom stereocenters. The summed E-state index contributed by atoms with van der Waals surface area (Å²) in [6.07, 6.45) is 4.50. The molecule has 132 valence electrons. The fourth-order valence-electron chi connectivity index (χ4n) is 3.48. The van der Waals surface area contributed by atoms with Crippen LogP contribution < -0.4 is 5.32 Å². The lowest BCUT2D eigenvalue weighted by Gasteiger charge is -2.11. The fourth-order valence-corrected chi connectivity index (χ4v) is 3.48.